The summed E-state index contributed by atoms with van der Waals surface area (Å²) in [6.45, 7) is 6.00. The number of nitrogens with one attached hydrogen (secondary N) is 2. The van der Waals surface area contributed by atoms with E-state index < -0.39 is 63.9 Å². The van der Waals surface area contributed by atoms with Crippen molar-refractivity contribution in [2.75, 3.05) is 13.2 Å². The van der Waals surface area contributed by atoms with Gasteiger partial charge in [-0.2, -0.15) is 0 Å². The van der Waals surface area contributed by atoms with Crippen molar-refractivity contribution in [3.05, 3.63) is 34.7 Å². The molecule has 67 heavy (non-hydrogen) atoms. The van der Waals surface area contributed by atoms with Crippen LogP contribution in [0.5, 0.6) is 0 Å². The lowest BCUT2D eigenvalue weighted by molar-refractivity contribution is -0.263. The number of fused-ring (bicyclic) bond motifs is 8. The van der Waals surface area contributed by atoms with Gasteiger partial charge in [0.1, 0.15) is 5.60 Å². The Morgan fingerprint density at radius 2 is 1.69 bits per heavy atom. The van der Waals surface area contributed by atoms with Gasteiger partial charge >= 0.3 is 0 Å². The molecule has 2 heterocycles. The largest absolute Gasteiger partial charge is 0.396 e. The molecule has 7 fully saturated rings. The van der Waals surface area contributed by atoms with Gasteiger partial charge in [-0.05, 0) is 181 Å². The number of carbonyl (C=O) groups is 1. The number of hydrogen-bond acceptors (Lipinski definition) is 12. The minimum atomic E-state index is -1.63. The Kier molecular flexibility index (Phi) is 14.7. The molecule has 0 aromatic carbocycles. The Morgan fingerprint density at radius 3 is 2.43 bits per heavy atom. The fraction of sp³-hybridized carbons (Fsp3) is 0.873. The first-order chi connectivity index (χ1) is 32.1. The van der Waals surface area contributed by atoms with E-state index >= 15 is 4.79 Å². The molecule has 378 valence electrons. The molecular formula is C55H89N3O9. The van der Waals surface area contributed by atoms with Crippen LogP contribution in [0, 0.1) is 52.3 Å². The molecule has 6 saturated carbocycles. The average molecular weight is 936 g/mol. The predicted molar refractivity (Wildman–Crippen MR) is 258 cm³/mol. The second kappa shape index (κ2) is 19.6. The number of ether oxygens (including phenoxy) is 1. The maximum Gasteiger partial charge on any atom is 0.182 e. The predicted octanol–water partition coefficient (Wildman–Crippen LogP) is 6.33. The van der Waals surface area contributed by atoms with E-state index in [2.05, 4.69) is 17.6 Å². The maximum absolute atomic E-state index is 15.6. The Labute approximate surface area is 401 Å². The lowest BCUT2D eigenvalue weighted by atomic mass is 9.40. The molecule has 12 nitrogen and oxygen atoms in total. The van der Waals surface area contributed by atoms with Crippen LogP contribution in [0.3, 0.4) is 0 Å². The molecule has 11 N–H and O–H groups in total. The van der Waals surface area contributed by atoms with Crippen molar-refractivity contribution in [3.63, 3.8) is 0 Å². The van der Waals surface area contributed by atoms with Crippen molar-refractivity contribution in [2.24, 2.45) is 58.0 Å². The summed E-state index contributed by atoms with van der Waals surface area (Å²) in [5.41, 5.74) is 2.97. The normalized spacial score (nSPS) is 44.9. The Balaban J connectivity index is 1.15. The molecule has 0 amide bonds. The second-order valence-corrected chi connectivity index (χ2v) is 24.1. The molecule has 12 heteroatoms. The minimum absolute atomic E-state index is 0.0393. The van der Waals surface area contributed by atoms with Gasteiger partial charge in [0.05, 0.1) is 53.6 Å². The molecule has 17 atom stereocenters. The van der Waals surface area contributed by atoms with Crippen molar-refractivity contribution in [1.29, 1.82) is 0 Å². The van der Waals surface area contributed by atoms with Crippen molar-refractivity contribution in [1.82, 2.24) is 10.6 Å². The summed E-state index contributed by atoms with van der Waals surface area (Å²) in [6.07, 6.45) is 19.9. The Bertz CT molecular complexity index is 1880. The molecule has 0 spiro atoms. The van der Waals surface area contributed by atoms with Gasteiger partial charge in [0.15, 0.2) is 5.78 Å². The lowest BCUT2D eigenvalue weighted by Crippen LogP contribution is -2.71. The summed E-state index contributed by atoms with van der Waals surface area (Å²) in [7, 11) is 0. The van der Waals surface area contributed by atoms with E-state index in [4.69, 9.17) is 10.5 Å². The van der Waals surface area contributed by atoms with Gasteiger partial charge in [0.25, 0.3) is 0 Å². The summed E-state index contributed by atoms with van der Waals surface area (Å²) in [5.74, 6) is -0.364. The average Bonchev–Trinajstić information content (AvgIpc) is 3.68. The molecule has 0 aromatic rings. The number of aliphatic hydroxyl groups is 7. The third-order valence-electron chi connectivity index (χ3n) is 20.7. The van der Waals surface area contributed by atoms with E-state index in [9.17, 15) is 35.7 Å². The fourth-order valence-corrected chi connectivity index (χ4v) is 17.7. The molecule has 0 radical (unpaired) electrons. The van der Waals surface area contributed by atoms with Crippen LogP contribution in [-0.2, 0) is 9.53 Å². The molecule has 9 rings (SSSR count). The van der Waals surface area contributed by atoms with Gasteiger partial charge in [-0.25, -0.2) is 0 Å². The number of nitrogens with two attached hydrogens (primary N) is 1. The van der Waals surface area contributed by atoms with Crippen LogP contribution in [0.2, 0.25) is 0 Å². The van der Waals surface area contributed by atoms with Crippen LogP contribution in [0.4, 0.5) is 0 Å². The van der Waals surface area contributed by atoms with Gasteiger partial charge in [-0.3, -0.25) is 4.79 Å². The van der Waals surface area contributed by atoms with Crippen molar-refractivity contribution >= 4 is 5.78 Å². The third-order valence-corrected chi connectivity index (χ3v) is 20.7. The summed E-state index contributed by atoms with van der Waals surface area (Å²) in [4.78, 5) is 15.6. The van der Waals surface area contributed by atoms with Crippen LogP contribution in [-0.4, -0.2) is 108 Å². The first kappa shape index (κ1) is 50.1. The molecule has 2 aliphatic heterocycles. The number of allylic oxidation sites excluding steroid dienone is 4. The maximum atomic E-state index is 15.6. The zero-order valence-electron chi connectivity index (χ0n) is 41.3. The van der Waals surface area contributed by atoms with Crippen molar-refractivity contribution in [2.45, 2.75) is 235 Å². The zero-order chi connectivity index (χ0) is 47.5. The van der Waals surface area contributed by atoms with E-state index in [-0.39, 0.29) is 61.8 Å². The number of rotatable bonds is 14. The summed E-state index contributed by atoms with van der Waals surface area (Å²) in [5, 5.41) is 92.5. The van der Waals surface area contributed by atoms with Gasteiger partial charge in [0.2, 0.25) is 0 Å². The Morgan fingerprint density at radius 1 is 0.925 bits per heavy atom. The first-order valence-electron chi connectivity index (χ1n) is 27.5. The molecule has 1 saturated heterocycles. The van der Waals surface area contributed by atoms with Crippen LogP contribution >= 0.6 is 0 Å². The molecular weight excluding hydrogens is 847 g/mol. The Hall–Kier alpha value is -1.87. The van der Waals surface area contributed by atoms with E-state index in [1.54, 1.807) is 6.92 Å². The molecule has 0 bridgehead atoms. The third kappa shape index (κ3) is 8.36. The van der Waals surface area contributed by atoms with Gasteiger partial charge < -0.3 is 56.8 Å². The second-order valence-electron chi connectivity index (χ2n) is 24.1. The highest BCUT2D eigenvalue weighted by Gasteiger charge is 2.76. The summed E-state index contributed by atoms with van der Waals surface area (Å²) >= 11 is 0. The zero-order valence-corrected chi connectivity index (χ0v) is 41.3. The monoisotopic (exact) mass is 936 g/mol. The number of carbonyl (C=O) groups excluding carboxylic acids is 1. The molecule has 9 aliphatic rings. The quantitative estimate of drug-likeness (QED) is 0.0925. The summed E-state index contributed by atoms with van der Waals surface area (Å²) in [6, 6.07) is 0. The standard InChI is InChI=1S/C55H89N3O9/c1-4-11-34-16-19-37-38-14-8-9-25-55(66,50(38)67-44(37)20-17-34)51(3,64)45-24-28-54(65)47-39(23-27-53(45,54)36-12-6-5-7-13-36)52(26-22-35-18-21-46(56)58-41(35)15-10-29-59)31-43(62)42(61)30-40(52)49(63)48(47)57-32-33(2)60/h18,21,33-34,36-40,42-46,50,57-62,64-66H,4-17,19-20,22-32,56H2,1-3H3. The van der Waals surface area contributed by atoms with Crippen LogP contribution in [0.1, 0.15) is 181 Å². The lowest BCUT2D eigenvalue weighted by Gasteiger charge is -2.66. The highest BCUT2D eigenvalue weighted by Crippen LogP contribution is 2.74. The van der Waals surface area contributed by atoms with E-state index in [0.717, 1.165) is 87.8 Å². The minimum Gasteiger partial charge on any atom is -0.396 e. The molecule has 7 aliphatic carbocycles. The summed E-state index contributed by atoms with van der Waals surface area (Å²) < 4.78 is 7.19. The number of Topliss-reactive ketones (excluding diaryl/α,β-unsaturated/α-hetero) is 1. The van der Waals surface area contributed by atoms with E-state index in [1.165, 1.54) is 19.3 Å². The highest BCUT2D eigenvalue weighted by atomic mass is 16.5. The van der Waals surface area contributed by atoms with Gasteiger partial charge in [-0.1, -0.05) is 64.4 Å². The van der Waals surface area contributed by atoms with Crippen LogP contribution < -0.4 is 16.4 Å². The van der Waals surface area contributed by atoms with E-state index in [1.807, 2.05) is 19.1 Å². The fourth-order valence-electron chi connectivity index (χ4n) is 17.7. The van der Waals surface area contributed by atoms with Crippen LogP contribution in [0.25, 0.3) is 0 Å². The topological polar surface area (TPSA) is 218 Å². The van der Waals surface area contributed by atoms with Crippen molar-refractivity contribution < 1.29 is 45.3 Å². The van der Waals surface area contributed by atoms with Gasteiger partial charge in [0, 0.05) is 30.2 Å². The molecule has 0 aromatic heterocycles. The number of aliphatic hydroxyl groups excluding tert-OH is 4. The van der Waals surface area contributed by atoms with Crippen LogP contribution in [0.15, 0.2) is 34.7 Å². The highest BCUT2D eigenvalue weighted by molar-refractivity contribution is 6.00. The van der Waals surface area contributed by atoms with Gasteiger partial charge in [-0.15, -0.1) is 0 Å². The molecule has 17 unspecified atom stereocenters. The number of hydrogen-bond donors (Lipinski definition) is 10. The first-order valence-corrected chi connectivity index (χ1v) is 27.5. The van der Waals surface area contributed by atoms with E-state index in [0.29, 0.717) is 75.0 Å². The smallest absolute Gasteiger partial charge is 0.182 e. The number of dihydropyridines is 1. The number of ketones is 1. The van der Waals surface area contributed by atoms with Crippen molar-refractivity contribution in [3.8, 4) is 0 Å². The SMILES string of the molecule is CCCC1CCC2OC3C(CCCCC3(O)C(C)(O)C3CCC4(O)C5=C(NCC(C)O)C(=O)C6CC(O)C(O)CC6(CCC6=C(CCCO)NC(N)C=C6)C5CCC34C3CCCCC3)C2CC1.